The van der Waals surface area contributed by atoms with Crippen LogP contribution in [0.4, 0.5) is 0 Å². The smallest absolute Gasteiger partial charge is 0.226 e. The number of rotatable bonds is 2. The van der Waals surface area contributed by atoms with Crippen molar-refractivity contribution in [1.29, 1.82) is 0 Å². The highest BCUT2D eigenvalue weighted by molar-refractivity contribution is 5.79. The highest BCUT2D eigenvalue weighted by Gasteiger charge is 2.30. The second-order valence-corrected chi connectivity index (χ2v) is 5.53. The molecule has 0 spiro atoms. The minimum absolute atomic E-state index is 0.154. The number of aromatic amines is 1. The summed E-state index contributed by atoms with van der Waals surface area (Å²) in [5.41, 5.74) is 2.32. The lowest BCUT2D eigenvalue weighted by Crippen LogP contribution is -2.50. The fraction of sp³-hybridized carbons (Fsp3) is 0.714. The molecule has 1 amide bonds. The summed E-state index contributed by atoms with van der Waals surface area (Å²) in [5, 5.41) is 0. The molecular formula is C14H22N4O. The lowest BCUT2D eigenvalue weighted by atomic mass is 9.88. The van der Waals surface area contributed by atoms with Crippen LogP contribution in [-0.2, 0) is 17.6 Å². The largest absolute Gasteiger partial charge is 0.348 e. The van der Waals surface area contributed by atoms with Gasteiger partial charge in [-0.3, -0.25) is 4.79 Å². The van der Waals surface area contributed by atoms with E-state index >= 15 is 0 Å². The van der Waals surface area contributed by atoms with Gasteiger partial charge in [-0.1, -0.05) is 6.92 Å². The van der Waals surface area contributed by atoms with Crippen molar-refractivity contribution in [3.63, 3.8) is 0 Å². The van der Waals surface area contributed by atoms with Gasteiger partial charge in [0.25, 0.3) is 0 Å². The maximum atomic E-state index is 12.6. The average molecular weight is 262 g/mol. The molecule has 1 atom stereocenters. The SMILES string of the molecule is CCN1CCN(C(=O)C2CCc3nc[nH]c3C2)CC1. The summed E-state index contributed by atoms with van der Waals surface area (Å²) in [4.78, 5) is 24.5. The van der Waals surface area contributed by atoms with Crippen LogP contribution in [-0.4, -0.2) is 58.4 Å². The first kappa shape index (κ1) is 12.7. The number of piperazine rings is 1. The molecule has 5 nitrogen and oxygen atoms in total. The van der Waals surface area contributed by atoms with E-state index in [9.17, 15) is 4.79 Å². The molecule has 0 bridgehead atoms. The summed E-state index contributed by atoms with van der Waals surface area (Å²) in [5.74, 6) is 0.497. The number of amides is 1. The van der Waals surface area contributed by atoms with Gasteiger partial charge in [-0.2, -0.15) is 0 Å². The van der Waals surface area contributed by atoms with E-state index in [1.807, 2.05) is 0 Å². The van der Waals surface area contributed by atoms with Gasteiger partial charge in [-0.05, 0) is 19.4 Å². The van der Waals surface area contributed by atoms with Gasteiger partial charge in [-0.15, -0.1) is 0 Å². The summed E-state index contributed by atoms with van der Waals surface area (Å²) in [6, 6.07) is 0. The van der Waals surface area contributed by atoms with Crippen LogP contribution in [0.3, 0.4) is 0 Å². The number of nitrogens with one attached hydrogen (secondary N) is 1. The molecule has 2 heterocycles. The lowest BCUT2D eigenvalue weighted by molar-refractivity contribution is -0.137. The van der Waals surface area contributed by atoms with Crippen LogP contribution in [0.15, 0.2) is 6.33 Å². The molecular weight excluding hydrogens is 240 g/mol. The highest BCUT2D eigenvalue weighted by atomic mass is 16.2. The molecule has 1 N–H and O–H groups in total. The number of fused-ring (bicyclic) bond motifs is 1. The van der Waals surface area contributed by atoms with Crippen molar-refractivity contribution in [1.82, 2.24) is 19.8 Å². The Hall–Kier alpha value is -1.36. The number of carbonyl (C=O) groups is 1. The Labute approximate surface area is 114 Å². The molecule has 3 rings (SSSR count). The molecule has 2 aliphatic rings. The third-order valence-electron chi connectivity index (χ3n) is 4.47. The average Bonchev–Trinajstić information content (AvgIpc) is 2.94. The summed E-state index contributed by atoms with van der Waals surface area (Å²) >= 11 is 0. The van der Waals surface area contributed by atoms with Gasteiger partial charge in [0, 0.05) is 44.2 Å². The number of aromatic nitrogens is 2. The van der Waals surface area contributed by atoms with Crippen LogP contribution in [0.5, 0.6) is 0 Å². The van der Waals surface area contributed by atoms with Crippen LogP contribution in [0.25, 0.3) is 0 Å². The quantitative estimate of drug-likeness (QED) is 0.852. The Bertz CT molecular complexity index is 448. The standard InChI is InChI=1S/C14H22N4O/c1-2-17-5-7-18(8-6-17)14(19)11-3-4-12-13(9-11)16-10-15-12/h10-11H,2-9H2,1H3,(H,15,16). The van der Waals surface area contributed by atoms with Crippen LogP contribution in [0, 0.1) is 5.92 Å². The zero-order chi connectivity index (χ0) is 13.2. The number of imidazole rings is 1. The topological polar surface area (TPSA) is 52.2 Å². The van der Waals surface area contributed by atoms with Gasteiger partial charge in [0.1, 0.15) is 0 Å². The Balaban J connectivity index is 1.60. The fourth-order valence-electron chi connectivity index (χ4n) is 3.15. The monoisotopic (exact) mass is 262 g/mol. The Kier molecular flexibility index (Phi) is 3.55. The van der Waals surface area contributed by atoms with E-state index in [-0.39, 0.29) is 5.92 Å². The Morgan fingerprint density at radius 2 is 2.21 bits per heavy atom. The molecule has 1 aromatic heterocycles. The summed E-state index contributed by atoms with van der Waals surface area (Å²) in [7, 11) is 0. The van der Waals surface area contributed by atoms with Crippen LogP contribution in [0.2, 0.25) is 0 Å². The van der Waals surface area contributed by atoms with E-state index in [1.54, 1.807) is 6.33 Å². The first-order chi connectivity index (χ1) is 9.28. The van der Waals surface area contributed by atoms with Gasteiger partial charge >= 0.3 is 0 Å². The number of likely N-dealkylation sites (N-methyl/N-ethyl adjacent to an activating group) is 1. The predicted octanol–water partition coefficient (Wildman–Crippen LogP) is 0.679. The van der Waals surface area contributed by atoms with E-state index in [1.165, 1.54) is 0 Å². The molecule has 1 fully saturated rings. The molecule has 0 saturated carbocycles. The summed E-state index contributed by atoms with van der Waals surface area (Å²) in [6.07, 6.45) is 4.47. The number of aryl methyl sites for hydroxylation is 1. The predicted molar refractivity (Wildman–Crippen MR) is 72.8 cm³/mol. The maximum absolute atomic E-state index is 12.6. The second-order valence-electron chi connectivity index (χ2n) is 5.53. The van der Waals surface area contributed by atoms with Crippen LogP contribution >= 0.6 is 0 Å². The maximum Gasteiger partial charge on any atom is 0.226 e. The number of H-pyrrole nitrogens is 1. The van der Waals surface area contributed by atoms with E-state index in [4.69, 9.17) is 0 Å². The van der Waals surface area contributed by atoms with E-state index in [0.29, 0.717) is 5.91 Å². The van der Waals surface area contributed by atoms with Crippen LogP contribution in [0.1, 0.15) is 24.7 Å². The lowest BCUT2D eigenvalue weighted by Gasteiger charge is -2.36. The van der Waals surface area contributed by atoms with Gasteiger partial charge in [0.05, 0.1) is 12.0 Å². The number of hydrogen-bond acceptors (Lipinski definition) is 3. The van der Waals surface area contributed by atoms with Crippen LogP contribution < -0.4 is 0 Å². The molecule has 0 aromatic carbocycles. The molecule has 1 aliphatic heterocycles. The summed E-state index contributed by atoms with van der Waals surface area (Å²) in [6.45, 7) is 7.08. The zero-order valence-corrected chi connectivity index (χ0v) is 11.6. The van der Waals surface area contributed by atoms with Crippen molar-refractivity contribution in [3.05, 3.63) is 17.7 Å². The Morgan fingerprint density at radius 1 is 1.42 bits per heavy atom. The van der Waals surface area contributed by atoms with Crippen molar-refractivity contribution < 1.29 is 4.79 Å². The number of carbonyl (C=O) groups excluding carboxylic acids is 1. The molecule has 5 heteroatoms. The fourth-order valence-corrected chi connectivity index (χ4v) is 3.15. The van der Waals surface area contributed by atoms with Crippen molar-refractivity contribution in [2.24, 2.45) is 5.92 Å². The molecule has 1 aromatic rings. The van der Waals surface area contributed by atoms with Crippen molar-refractivity contribution >= 4 is 5.91 Å². The molecule has 1 unspecified atom stereocenters. The minimum Gasteiger partial charge on any atom is -0.348 e. The zero-order valence-electron chi connectivity index (χ0n) is 11.6. The second kappa shape index (κ2) is 5.33. The normalized spacial score (nSPS) is 24.3. The van der Waals surface area contributed by atoms with Crippen molar-refractivity contribution in [2.45, 2.75) is 26.2 Å². The van der Waals surface area contributed by atoms with Gasteiger partial charge < -0.3 is 14.8 Å². The molecule has 104 valence electrons. The molecule has 19 heavy (non-hydrogen) atoms. The van der Waals surface area contributed by atoms with Gasteiger partial charge in [0.15, 0.2) is 0 Å². The minimum atomic E-state index is 0.154. The van der Waals surface area contributed by atoms with E-state index < -0.39 is 0 Å². The first-order valence-corrected chi connectivity index (χ1v) is 7.30. The highest BCUT2D eigenvalue weighted by Crippen LogP contribution is 2.24. The van der Waals surface area contributed by atoms with Crippen molar-refractivity contribution in [2.75, 3.05) is 32.7 Å². The van der Waals surface area contributed by atoms with Gasteiger partial charge in [-0.25, -0.2) is 4.98 Å². The summed E-state index contributed by atoms with van der Waals surface area (Å²) < 4.78 is 0. The van der Waals surface area contributed by atoms with Crippen molar-refractivity contribution in [3.8, 4) is 0 Å². The number of nitrogens with zero attached hydrogens (tertiary/aromatic N) is 3. The molecule has 1 saturated heterocycles. The first-order valence-electron chi connectivity index (χ1n) is 7.30. The third kappa shape index (κ3) is 2.52. The third-order valence-corrected chi connectivity index (χ3v) is 4.47. The number of hydrogen-bond donors (Lipinski definition) is 1. The van der Waals surface area contributed by atoms with E-state index in [0.717, 1.165) is 63.4 Å². The Morgan fingerprint density at radius 3 is 2.95 bits per heavy atom. The molecule has 1 aliphatic carbocycles. The van der Waals surface area contributed by atoms with E-state index in [2.05, 4.69) is 26.7 Å². The van der Waals surface area contributed by atoms with Gasteiger partial charge in [0.2, 0.25) is 5.91 Å². The molecule has 0 radical (unpaired) electrons.